The predicted octanol–water partition coefficient (Wildman–Crippen LogP) is 3.98. The molecule has 2 aromatic rings. The van der Waals surface area contributed by atoms with Crippen molar-refractivity contribution < 1.29 is 19.1 Å². The summed E-state index contributed by atoms with van der Waals surface area (Å²) in [6, 6.07) is 8.40. The monoisotopic (exact) mass is 342 g/mol. The number of hydrogen-bond donors (Lipinski definition) is 1. The Hall–Kier alpha value is -2.89. The Kier molecular flexibility index (Phi) is 5.41. The molecule has 132 valence electrons. The molecule has 1 aromatic carbocycles. The van der Waals surface area contributed by atoms with Crippen LogP contribution in [0.5, 0.6) is 5.75 Å². The standard InChI is InChI=1S/C19H22N2O4/c1-12-9-10-14(20-11-12)17(22)13-7-6-8-15(24-5)16(13)21-18(23)25-19(2,3)4/h6-11H,1-5H3,(H,21,23). The number of aryl methyl sites for hydroxylation is 1. The van der Waals surface area contributed by atoms with Crippen molar-refractivity contribution in [2.24, 2.45) is 0 Å². The Bertz CT molecular complexity index is 777. The maximum absolute atomic E-state index is 12.8. The van der Waals surface area contributed by atoms with Gasteiger partial charge in [0.25, 0.3) is 0 Å². The maximum atomic E-state index is 12.8. The van der Waals surface area contributed by atoms with Gasteiger partial charge in [0.05, 0.1) is 18.4 Å². The topological polar surface area (TPSA) is 77.5 Å². The number of carbonyl (C=O) groups is 2. The molecule has 1 amide bonds. The smallest absolute Gasteiger partial charge is 0.412 e. The van der Waals surface area contributed by atoms with E-state index in [-0.39, 0.29) is 22.7 Å². The zero-order valence-electron chi connectivity index (χ0n) is 15.0. The SMILES string of the molecule is COc1cccc(C(=O)c2ccc(C)cn2)c1NC(=O)OC(C)(C)C. The van der Waals surface area contributed by atoms with Crippen LogP contribution in [0.4, 0.5) is 10.5 Å². The van der Waals surface area contributed by atoms with Gasteiger partial charge in [0.15, 0.2) is 0 Å². The lowest BCUT2D eigenvalue weighted by molar-refractivity contribution is 0.0635. The molecule has 0 saturated heterocycles. The van der Waals surface area contributed by atoms with Crippen molar-refractivity contribution in [2.75, 3.05) is 12.4 Å². The average Bonchev–Trinajstić information content (AvgIpc) is 2.53. The molecule has 25 heavy (non-hydrogen) atoms. The molecule has 0 fully saturated rings. The number of aromatic nitrogens is 1. The summed E-state index contributed by atoms with van der Waals surface area (Å²) in [6.07, 6.45) is 0.955. The van der Waals surface area contributed by atoms with Gasteiger partial charge in [-0.2, -0.15) is 0 Å². The third-order valence-corrected chi connectivity index (χ3v) is 3.26. The molecule has 6 heteroatoms. The van der Waals surface area contributed by atoms with Crippen molar-refractivity contribution in [2.45, 2.75) is 33.3 Å². The van der Waals surface area contributed by atoms with Crippen molar-refractivity contribution in [3.63, 3.8) is 0 Å². The molecular weight excluding hydrogens is 320 g/mol. The highest BCUT2D eigenvalue weighted by atomic mass is 16.6. The van der Waals surface area contributed by atoms with E-state index in [4.69, 9.17) is 9.47 Å². The Labute approximate surface area is 147 Å². The van der Waals surface area contributed by atoms with Crippen LogP contribution in [0.25, 0.3) is 0 Å². The van der Waals surface area contributed by atoms with E-state index in [2.05, 4.69) is 10.3 Å². The second kappa shape index (κ2) is 7.34. The second-order valence-electron chi connectivity index (χ2n) is 6.56. The first-order valence-electron chi connectivity index (χ1n) is 7.85. The fourth-order valence-corrected chi connectivity index (χ4v) is 2.17. The zero-order valence-corrected chi connectivity index (χ0v) is 15.0. The number of ketones is 1. The van der Waals surface area contributed by atoms with Crippen LogP contribution in [0.2, 0.25) is 0 Å². The highest BCUT2D eigenvalue weighted by Crippen LogP contribution is 2.30. The summed E-state index contributed by atoms with van der Waals surface area (Å²) in [5, 5.41) is 2.61. The minimum absolute atomic E-state index is 0.256. The van der Waals surface area contributed by atoms with Gasteiger partial charge in [-0.1, -0.05) is 12.1 Å². The van der Waals surface area contributed by atoms with Crippen LogP contribution < -0.4 is 10.1 Å². The molecule has 0 spiro atoms. The molecule has 0 atom stereocenters. The first-order chi connectivity index (χ1) is 11.7. The molecule has 0 bridgehead atoms. The summed E-state index contributed by atoms with van der Waals surface area (Å²) < 4.78 is 10.5. The number of carbonyl (C=O) groups excluding carboxylic acids is 2. The van der Waals surface area contributed by atoms with Crippen LogP contribution in [-0.4, -0.2) is 29.6 Å². The molecule has 2 rings (SSSR count). The van der Waals surface area contributed by atoms with Crippen molar-refractivity contribution in [3.8, 4) is 5.75 Å². The summed E-state index contributed by atoms with van der Waals surface area (Å²) in [7, 11) is 1.47. The number of para-hydroxylation sites is 1. The molecule has 0 aliphatic rings. The van der Waals surface area contributed by atoms with Gasteiger partial charge in [0.2, 0.25) is 5.78 Å². The number of rotatable bonds is 4. The zero-order chi connectivity index (χ0) is 18.6. The van der Waals surface area contributed by atoms with Gasteiger partial charge in [0.1, 0.15) is 17.0 Å². The molecule has 0 saturated carbocycles. The molecule has 1 aromatic heterocycles. The first-order valence-corrected chi connectivity index (χ1v) is 7.85. The van der Waals surface area contributed by atoms with Crippen molar-refractivity contribution in [3.05, 3.63) is 53.3 Å². The normalized spacial score (nSPS) is 10.9. The van der Waals surface area contributed by atoms with E-state index in [1.54, 1.807) is 57.3 Å². The molecule has 0 radical (unpaired) electrons. The second-order valence-corrected chi connectivity index (χ2v) is 6.56. The van der Waals surface area contributed by atoms with Crippen LogP contribution >= 0.6 is 0 Å². The van der Waals surface area contributed by atoms with Crippen molar-refractivity contribution in [1.29, 1.82) is 0 Å². The lowest BCUT2D eigenvalue weighted by Crippen LogP contribution is -2.28. The van der Waals surface area contributed by atoms with Crippen LogP contribution in [-0.2, 0) is 4.74 Å². The third kappa shape index (κ3) is 4.79. The summed E-state index contributed by atoms with van der Waals surface area (Å²) >= 11 is 0. The van der Waals surface area contributed by atoms with Crippen LogP contribution in [0, 0.1) is 6.92 Å². The van der Waals surface area contributed by atoms with Gasteiger partial charge in [-0.3, -0.25) is 15.1 Å². The van der Waals surface area contributed by atoms with E-state index in [1.165, 1.54) is 7.11 Å². The number of nitrogens with one attached hydrogen (secondary N) is 1. The van der Waals surface area contributed by atoms with Gasteiger partial charge in [-0.15, -0.1) is 0 Å². The van der Waals surface area contributed by atoms with E-state index < -0.39 is 11.7 Å². The Morgan fingerprint density at radius 1 is 1.12 bits per heavy atom. The molecule has 1 N–H and O–H groups in total. The number of hydrogen-bond acceptors (Lipinski definition) is 5. The molecule has 1 heterocycles. The van der Waals surface area contributed by atoms with Crippen LogP contribution in [0.1, 0.15) is 42.4 Å². The van der Waals surface area contributed by atoms with Gasteiger partial charge < -0.3 is 9.47 Å². The largest absolute Gasteiger partial charge is 0.495 e. The van der Waals surface area contributed by atoms with Gasteiger partial charge in [-0.05, 0) is 51.5 Å². The Morgan fingerprint density at radius 3 is 2.40 bits per heavy atom. The number of ether oxygens (including phenoxy) is 2. The van der Waals surface area contributed by atoms with Gasteiger partial charge >= 0.3 is 6.09 Å². The summed E-state index contributed by atoms with van der Waals surface area (Å²) in [5.41, 5.74) is 1.11. The molecule has 0 aliphatic heterocycles. The number of anilines is 1. The lowest BCUT2D eigenvalue weighted by atomic mass is 10.0. The van der Waals surface area contributed by atoms with Crippen LogP contribution in [0.15, 0.2) is 36.5 Å². The minimum Gasteiger partial charge on any atom is -0.495 e. The number of benzene rings is 1. The number of amides is 1. The molecule has 0 aliphatic carbocycles. The summed E-state index contributed by atoms with van der Waals surface area (Å²) in [5.74, 6) is 0.0498. The highest BCUT2D eigenvalue weighted by Gasteiger charge is 2.22. The van der Waals surface area contributed by atoms with Gasteiger partial charge in [0, 0.05) is 6.20 Å². The molecular formula is C19H22N2O4. The fraction of sp³-hybridized carbons (Fsp3) is 0.316. The summed E-state index contributed by atoms with van der Waals surface area (Å²) in [4.78, 5) is 29.1. The highest BCUT2D eigenvalue weighted by molar-refractivity contribution is 6.13. The Morgan fingerprint density at radius 2 is 1.84 bits per heavy atom. The fourth-order valence-electron chi connectivity index (χ4n) is 2.17. The van der Waals surface area contributed by atoms with E-state index in [9.17, 15) is 9.59 Å². The maximum Gasteiger partial charge on any atom is 0.412 e. The predicted molar refractivity (Wildman–Crippen MR) is 95.3 cm³/mol. The minimum atomic E-state index is -0.664. The Balaban J connectivity index is 2.39. The molecule has 0 unspecified atom stereocenters. The van der Waals surface area contributed by atoms with E-state index in [0.717, 1.165) is 5.56 Å². The third-order valence-electron chi connectivity index (χ3n) is 3.26. The van der Waals surface area contributed by atoms with E-state index >= 15 is 0 Å². The molecule has 6 nitrogen and oxygen atoms in total. The summed E-state index contributed by atoms with van der Waals surface area (Å²) in [6.45, 7) is 7.17. The van der Waals surface area contributed by atoms with Crippen molar-refractivity contribution >= 4 is 17.6 Å². The van der Waals surface area contributed by atoms with Gasteiger partial charge in [-0.25, -0.2) is 4.79 Å². The number of methoxy groups -OCH3 is 1. The van der Waals surface area contributed by atoms with Crippen LogP contribution in [0.3, 0.4) is 0 Å². The van der Waals surface area contributed by atoms with E-state index in [1.807, 2.05) is 6.92 Å². The lowest BCUT2D eigenvalue weighted by Gasteiger charge is -2.21. The number of nitrogens with zero attached hydrogens (tertiary/aromatic N) is 1. The average molecular weight is 342 g/mol. The first kappa shape index (κ1) is 18.4. The van der Waals surface area contributed by atoms with E-state index in [0.29, 0.717) is 5.75 Å². The number of pyridine rings is 1. The quantitative estimate of drug-likeness (QED) is 0.851. The van der Waals surface area contributed by atoms with Crippen molar-refractivity contribution in [1.82, 2.24) is 4.98 Å².